The normalized spacial score (nSPS) is 12.2. The maximum Gasteiger partial charge on any atom is 0.274 e. The summed E-state index contributed by atoms with van der Waals surface area (Å²) in [5.74, 6) is 1.15. The van der Waals surface area contributed by atoms with Crippen LogP contribution in [0.15, 0.2) is 41.2 Å². The van der Waals surface area contributed by atoms with E-state index in [9.17, 15) is 4.79 Å². The Morgan fingerprint density at radius 1 is 1.27 bits per heavy atom. The van der Waals surface area contributed by atoms with Crippen LogP contribution in [-0.2, 0) is 0 Å². The van der Waals surface area contributed by atoms with Gasteiger partial charge >= 0.3 is 0 Å². The van der Waals surface area contributed by atoms with Gasteiger partial charge in [0, 0.05) is 6.07 Å². The number of para-hydroxylation sites is 2. The summed E-state index contributed by atoms with van der Waals surface area (Å²) in [6, 6.07) is 11.1. The predicted molar refractivity (Wildman–Crippen MR) is 105 cm³/mol. The van der Waals surface area contributed by atoms with Gasteiger partial charge in [-0.1, -0.05) is 35.1 Å². The van der Waals surface area contributed by atoms with Gasteiger partial charge in [-0.05, 0) is 36.8 Å². The molecule has 2 heterocycles. The summed E-state index contributed by atoms with van der Waals surface area (Å²) >= 11 is 7.70. The molecule has 0 aliphatic carbocycles. The highest BCUT2D eigenvalue weighted by atomic mass is 35.5. The van der Waals surface area contributed by atoms with Crippen molar-refractivity contribution in [2.45, 2.75) is 6.92 Å². The van der Waals surface area contributed by atoms with E-state index in [1.807, 2.05) is 31.2 Å². The third-order valence-corrected chi connectivity index (χ3v) is 5.31. The van der Waals surface area contributed by atoms with Crippen molar-refractivity contribution in [3.05, 3.63) is 61.9 Å². The summed E-state index contributed by atoms with van der Waals surface area (Å²) < 4.78 is 13.1. The van der Waals surface area contributed by atoms with Gasteiger partial charge in [0.1, 0.15) is 0 Å². The third kappa shape index (κ3) is 2.71. The monoisotopic (exact) mass is 386 g/mol. The molecule has 0 fully saturated rings. The first kappa shape index (κ1) is 16.9. The van der Waals surface area contributed by atoms with E-state index in [0.717, 1.165) is 11.0 Å². The Balaban J connectivity index is 1.92. The molecule has 0 saturated heterocycles. The molecule has 0 bridgehead atoms. The standard InChI is InChI=1S/C19H15ClN2O3S/c1-3-25-16-8-11(12(20)10-15(16)24-2)9-17-18(23)22-14-7-5-4-6-13(14)21-19(22)26-17/h4-10H,3H2,1-2H3. The summed E-state index contributed by atoms with van der Waals surface area (Å²) in [7, 11) is 1.56. The molecule has 2 aromatic carbocycles. The molecule has 132 valence electrons. The fraction of sp³-hybridized carbons (Fsp3) is 0.158. The number of fused-ring (bicyclic) bond motifs is 3. The number of aromatic nitrogens is 2. The maximum atomic E-state index is 12.9. The van der Waals surface area contributed by atoms with Gasteiger partial charge in [0.25, 0.3) is 5.56 Å². The van der Waals surface area contributed by atoms with Crippen LogP contribution < -0.4 is 19.6 Å². The molecule has 0 aliphatic rings. The number of hydrogen-bond acceptors (Lipinski definition) is 5. The van der Waals surface area contributed by atoms with E-state index in [-0.39, 0.29) is 5.56 Å². The van der Waals surface area contributed by atoms with Crippen LogP contribution in [-0.4, -0.2) is 23.1 Å². The summed E-state index contributed by atoms with van der Waals surface area (Å²) in [5, 5.41) is 0.487. The molecule has 0 N–H and O–H groups in total. The molecule has 0 amide bonds. The van der Waals surface area contributed by atoms with Crippen molar-refractivity contribution in [3.63, 3.8) is 0 Å². The van der Waals surface area contributed by atoms with Gasteiger partial charge < -0.3 is 9.47 Å². The number of benzene rings is 2. The second-order valence-electron chi connectivity index (χ2n) is 5.59. The third-order valence-electron chi connectivity index (χ3n) is 4.01. The lowest BCUT2D eigenvalue weighted by Gasteiger charge is -2.11. The number of rotatable bonds is 4. The largest absolute Gasteiger partial charge is 0.493 e. The minimum absolute atomic E-state index is 0.108. The van der Waals surface area contributed by atoms with E-state index in [0.29, 0.717) is 38.2 Å². The molecule has 0 spiro atoms. The van der Waals surface area contributed by atoms with E-state index in [2.05, 4.69) is 4.98 Å². The SMILES string of the molecule is CCOc1cc(C=c2sc3nc4ccccc4n3c2=O)c(Cl)cc1OC. The highest BCUT2D eigenvalue weighted by Gasteiger charge is 2.13. The number of nitrogens with zero attached hydrogens (tertiary/aromatic N) is 2. The Labute approximate surface area is 158 Å². The van der Waals surface area contributed by atoms with Crippen molar-refractivity contribution in [1.29, 1.82) is 0 Å². The quantitative estimate of drug-likeness (QED) is 0.538. The molecule has 4 aromatic rings. The molecule has 0 saturated carbocycles. The molecular formula is C19H15ClN2O3S. The molecule has 7 heteroatoms. The Bertz CT molecular complexity index is 1230. The maximum absolute atomic E-state index is 12.9. The predicted octanol–water partition coefficient (Wildman–Crippen LogP) is 3.52. The Morgan fingerprint density at radius 3 is 2.85 bits per heavy atom. The van der Waals surface area contributed by atoms with Crippen LogP contribution in [0.1, 0.15) is 12.5 Å². The fourth-order valence-electron chi connectivity index (χ4n) is 2.84. The second-order valence-corrected chi connectivity index (χ2v) is 7.01. The van der Waals surface area contributed by atoms with Crippen molar-refractivity contribution >= 4 is 45.0 Å². The molecule has 4 rings (SSSR count). The van der Waals surface area contributed by atoms with Crippen LogP contribution in [0.5, 0.6) is 11.5 Å². The molecule has 0 atom stereocenters. The number of hydrogen-bond donors (Lipinski definition) is 0. The lowest BCUT2D eigenvalue weighted by atomic mass is 10.2. The molecule has 5 nitrogen and oxygen atoms in total. The van der Waals surface area contributed by atoms with E-state index < -0.39 is 0 Å². The molecular weight excluding hydrogens is 372 g/mol. The van der Waals surface area contributed by atoms with Gasteiger partial charge in [-0.25, -0.2) is 9.38 Å². The minimum atomic E-state index is -0.108. The first-order valence-electron chi connectivity index (χ1n) is 8.04. The van der Waals surface area contributed by atoms with Gasteiger partial charge in [0.05, 0.1) is 34.3 Å². The van der Waals surface area contributed by atoms with E-state index >= 15 is 0 Å². The lowest BCUT2D eigenvalue weighted by Crippen LogP contribution is -2.22. The van der Waals surface area contributed by atoms with Gasteiger partial charge in [-0.15, -0.1) is 0 Å². The van der Waals surface area contributed by atoms with Gasteiger partial charge in [0.15, 0.2) is 16.5 Å². The van der Waals surface area contributed by atoms with Crippen LogP contribution in [0, 0.1) is 0 Å². The van der Waals surface area contributed by atoms with Crippen molar-refractivity contribution in [2.24, 2.45) is 0 Å². The fourth-order valence-corrected chi connectivity index (χ4v) is 4.03. The summed E-state index contributed by atoms with van der Waals surface area (Å²) in [6.45, 7) is 2.40. The highest BCUT2D eigenvalue weighted by Crippen LogP contribution is 2.33. The van der Waals surface area contributed by atoms with Crippen molar-refractivity contribution in [2.75, 3.05) is 13.7 Å². The van der Waals surface area contributed by atoms with Crippen LogP contribution in [0.4, 0.5) is 0 Å². The zero-order valence-corrected chi connectivity index (χ0v) is 15.7. The van der Waals surface area contributed by atoms with E-state index in [4.69, 9.17) is 21.1 Å². The Hall–Kier alpha value is -2.57. The molecule has 26 heavy (non-hydrogen) atoms. The number of thiazole rings is 1. The number of methoxy groups -OCH3 is 1. The van der Waals surface area contributed by atoms with Crippen LogP contribution >= 0.6 is 22.9 Å². The highest BCUT2D eigenvalue weighted by molar-refractivity contribution is 7.15. The smallest absolute Gasteiger partial charge is 0.274 e. The topological polar surface area (TPSA) is 52.8 Å². The first-order chi connectivity index (χ1) is 12.6. The summed E-state index contributed by atoms with van der Waals surface area (Å²) in [6.07, 6.45) is 1.76. The number of halogens is 1. The van der Waals surface area contributed by atoms with Gasteiger partial charge in [0.2, 0.25) is 0 Å². The first-order valence-corrected chi connectivity index (χ1v) is 9.24. The van der Waals surface area contributed by atoms with Crippen molar-refractivity contribution in [3.8, 4) is 11.5 Å². The average molecular weight is 387 g/mol. The second kappa shape index (κ2) is 6.63. The lowest BCUT2D eigenvalue weighted by molar-refractivity contribution is 0.311. The van der Waals surface area contributed by atoms with Crippen LogP contribution in [0.3, 0.4) is 0 Å². The number of imidazole rings is 1. The van der Waals surface area contributed by atoms with E-state index in [1.54, 1.807) is 29.7 Å². The summed E-state index contributed by atoms with van der Waals surface area (Å²) in [5.41, 5.74) is 2.20. The molecule has 0 unspecified atom stereocenters. The number of ether oxygens (including phenoxy) is 2. The zero-order valence-electron chi connectivity index (χ0n) is 14.2. The molecule has 0 aliphatic heterocycles. The van der Waals surface area contributed by atoms with Crippen LogP contribution in [0.2, 0.25) is 5.02 Å². The average Bonchev–Trinajstić information content (AvgIpc) is 3.14. The summed E-state index contributed by atoms with van der Waals surface area (Å²) in [4.78, 5) is 18.0. The Morgan fingerprint density at radius 2 is 2.08 bits per heavy atom. The molecule has 2 aromatic heterocycles. The van der Waals surface area contributed by atoms with Crippen LogP contribution in [0.25, 0.3) is 22.1 Å². The van der Waals surface area contributed by atoms with Crippen molar-refractivity contribution in [1.82, 2.24) is 9.38 Å². The Kier molecular flexibility index (Phi) is 4.30. The molecule has 0 radical (unpaired) electrons. The van der Waals surface area contributed by atoms with Gasteiger partial charge in [-0.3, -0.25) is 4.79 Å². The minimum Gasteiger partial charge on any atom is -0.493 e. The van der Waals surface area contributed by atoms with Crippen molar-refractivity contribution < 1.29 is 9.47 Å². The zero-order chi connectivity index (χ0) is 18.3. The van der Waals surface area contributed by atoms with E-state index in [1.165, 1.54) is 11.3 Å². The van der Waals surface area contributed by atoms with Gasteiger partial charge in [-0.2, -0.15) is 0 Å².